The first-order chi connectivity index (χ1) is 17.2. The molecule has 0 radical (unpaired) electrons. The van der Waals surface area contributed by atoms with Crippen LogP contribution >= 0.6 is 0 Å². The van der Waals surface area contributed by atoms with E-state index in [1.807, 2.05) is 32.0 Å². The number of anilines is 1. The average molecular weight is 487 g/mol. The normalized spacial score (nSPS) is 16.4. The van der Waals surface area contributed by atoms with E-state index < -0.39 is 0 Å². The Hall–Kier alpha value is -3.58. The number of nitrogens with zero attached hydrogens (tertiary/aromatic N) is 1. The van der Waals surface area contributed by atoms with Gasteiger partial charge in [-0.2, -0.15) is 0 Å². The van der Waals surface area contributed by atoms with Crippen LogP contribution in [0.2, 0.25) is 0 Å². The van der Waals surface area contributed by atoms with Crippen molar-refractivity contribution in [3.8, 4) is 16.9 Å². The molecule has 2 aliphatic rings. The molecule has 0 bridgehead atoms. The van der Waals surface area contributed by atoms with E-state index in [0.717, 1.165) is 66.3 Å². The molecule has 5 rings (SSSR count). The zero-order valence-corrected chi connectivity index (χ0v) is 21.5. The molecule has 2 aromatic carbocycles. The molecule has 7 heteroatoms. The standard InChI is InChI=1S/C29H34N4O3/c1-18-13-19(2)32-28(35)25(18)17-31-27(34)21-14-22-16-29(3,4)36-26(22)24(15-21)20-5-7-23(8-6-20)33-11-9-30-10-12-33/h5-8,13-15,30H,9-12,16-17H2,1-4H3,(H,31,34)(H,32,35). The minimum Gasteiger partial charge on any atom is -0.487 e. The molecule has 2 aliphatic heterocycles. The van der Waals surface area contributed by atoms with Gasteiger partial charge in [0, 0.05) is 67.2 Å². The van der Waals surface area contributed by atoms with Crippen molar-refractivity contribution in [2.45, 2.75) is 46.3 Å². The maximum absolute atomic E-state index is 13.2. The van der Waals surface area contributed by atoms with Crippen molar-refractivity contribution in [1.82, 2.24) is 15.6 Å². The molecule has 1 amide bonds. The predicted octanol–water partition coefficient (Wildman–Crippen LogP) is 3.71. The van der Waals surface area contributed by atoms with E-state index in [0.29, 0.717) is 11.1 Å². The Balaban J connectivity index is 1.44. The number of amides is 1. The summed E-state index contributed by atoms with van der Waals surface area (Å²) in [5.74, 6) is 0.637. The van der Waals surface area contributed by atoms with Crippen LogP contribution in [0.4, 0.5) is 5.69 Å². The van der Waals surface area contributed by atoms with Crippen LogP contribution in [0.1, 0.15) is 46.6 Å². The van der Waals surface area contributed by atoms with E-state index in [1.165, 1.54) is 5.69 Å². The van der Waals surface area contributed by atoms with Crippen molar-refractivity contribution in [2.75, 3.05) is 31.1 Å². The molecule has 1 fully saturated rings. The summed E-state index contributed by atoms with van der Waals surface area (Å²) in [5, 5.41) is 6.34. The third kappa shape index (κ3) is 4.88. The lowest BCUT2D eigenvalue weighted by Gasteiger charge is -2.29. The number of hydrogen-bond acceptors (Lipinski definition) is 5. The van der Waals surface area contributed by atoms with Gasteiger partial charge >= 0.3 is 0 Å². The summed E-state index contributed by atoms with van der Waals surface area (Å²) in [6.07, 6.45) is 0.728. The van der Waals surface area contributed by atoms with Crippen molar-refractivity contribution in [2.24, 2.45) is 0 Å². The minimum atomic E-state index is -0.334. The number of nitrogens with one attached hydrogen (secondary N) is 3. The average Bonchev–Trinajstić information content (AvgIpc) is 3.17. The lowest BCUT2D eigenvalue weighted by Crippen LogP contribution is -2.43. The van der Waals surface area contributed by atoms with Gasteiger partial charge in [-0.05, 0) is 74.7 Å². The van der Waals surface area contributed by atoms with Crippen LogP contribution in [0.25, 0.3) is 11.1 Å². The summed E-state index contributed by atoms with van der Waals surface area (Å²) < 4.78 is 6.34. The first-order valence-electron chi connectivity index (χ1n) is 12.6. The molecule has 1 aromatic heterocycles. The number of benzene rings is 2. The molecule has 3 aromatic rings. The van der Waals surface area contributed by atoms with Gasteiger partial charge in [0.05, 0.1) is 0 Å². The number of carbonyl (C=O) groups is 1. The topological polar surface area (TPSA) is 86.5 Å². The predicted molar refractivity (Wildman–Crippen MR) is 143 cm³/mol. The van der Waals surface area contributed by atoms with E-state index >= 15 is 0 Å². The summed E-state index contributed by atoms with van der Waals surface area (Å²) in [6.45, 7) is 12.0. The molecule has 0 atom stereocenters. The van der Waals surface area contributed by atoms with Gasteiger partial charge in [0.2, 0.25) is 0 Å². The highest BCUT2D eigenvalue weighted by Gasteiger charge is 2.33. The molecule has 36 heavy (non-hydrogen) atoms. The van der Waals surface area contributed by atoms with E-state index in [9.17, 15) is 9.59 Å². The van der Waals surface area contributed by atoms with Gasteiger partial charge in [-0.1, -0.05) is 12.1 Å². The Kier molecular flexibility index (Phi) is 6.35. The van der Waals surface area contributed by atoms with Crippen molar-refractivity contribution < 1.29 is 9.53 Å². The van der Waals surface area contributed by atoms with Crippen LogP contribution in [0.3, 0.4) is 0 Å². The van der Waals surface area contributed by atoms with Crippen molar-refractivity contribution in [3.63, 3.8) is 0 Å². The summed E-state index contributed by atoms with van der Waals surface area (Å²) in [6, 6.07) is 14.3. The molecule has 0 saturated carbocycles. The number of pyridine rings is 1. The Labute approximate surface area is 211 Å². The number of aromatic nitrogens is 1. The Bertz CT molecular complexity index is 1350. The molecule has 0 spiro atoms. The van der Waals surface area contributed by atoms with Gasteiger partial charge in [-0.25, -0.2) is 0 Å². The van der Waals surface area contributed by atoms with E-state index in [4.69, 9.17) is 4.74 Å². The summed E-state index contributed by atoms with van der Waals surface area (Å²) in [5.41, 5.74) is 6.47. The minimum absolute atomic E-state index is 0.165. The van der Waals surface area contributed by atoms with Crippen LogP contribution < -0.4 is 25.8 Å². The molecular weight excluding hydrogens is 452 g/mol. The number of piperazine rings is 1. The van der Waals surface area contributed by atoms with Crippen LogP contribution in [-0.2, 0) is 13.0 Å². The molecule has 1 saturated heterocycles. The van der Waals surface area contributed by atoms with Gasteiger partial charge in [0.25, 0.3) is 11.5 Å². The number of H-pyrrole nitrogens is 1. The zero-order valence-electron chi connectivity index (χ0n) is 21.5. The Morgan fingerprint density at radius 2 is 1.81 bits per heavy atom. The maximum atomic E-state index is 13.2. The Morgan fingerprint density at radius 1 is 1.08 bits per heavy atom. The smallest absolute Gasteiger partial charge is 0.253 e. The molecular formula is C29H34N4O3. The number of fused-ring (bicyclic) bond motifs is 1. The fraction of sp³-hybridized carbons (Fsp3) is 0.379. The van der Waals surface area contributed by atoms with Gasteiger partial charge < -0.3 is 25.3 Å². The molecule has 188 valence electrons. The van der Waals surface area contributed by atoms with Crippen LogP contribution in [-0.4, -0.2) is 42.7 Å². The fourth-order valence-corrected chi connectivity index (χ4v) is 5.20. The highest BCUT2D eigenvalue weighted by atomic mass is 16.5. The number of aryl methyl sites for hydroxylation is 2. The number of hydrogen-bond donors (Lipinski definition) is 3. The van der Waals surface area contributed by atoms with Gasteiger partial charge in [0.15, 0.2) is 0 Å². The number of rotatable bonds is 5. The molecule has 0 unspecified atom stereocenters. The van der Waals surface area contributed by atoms with E-state index in [2.05, 4.69) is 58.6 Å². The fourth-order valence-electron chi connectivity index (χ4n) is 5.20. The maximum Gasteiger partial charge on any atom is 0.253 e. The van der Waals surface area contributed by atoms with Crippen LogP contribution in [0.5, 0.6) is 5.75 Å². The lowest BCUT2D eigenvalue weighted by atomic mass is 9.95. The third-order valence-electron chi connectivity index (χ3n) is 7.00. The Morgan fingerprint density at radius 3 is 2.50 bits per heavy atom. The molecule has 0 aliphatic carbocycles. The number of aromatic amines is 1. The van der Waals surface area contributed by atoms with Crippen molar-refractivity contribution >= 4 is 11.6 Å². The van der Waals surface area contributed by atoms with Gasteiger partial charge in [-0.15, -0.1) is 0 Å². The quantitative estimate of drug-likeness (QED) is 0.512. The third-order valence-corrected chi connectivity index (χ3v) is 7.00. The lowest BCUT2D eigenvalue weighted by molar-refractivity contribution is 0.0950. The second kappa shape index (κ2) is 9.47. The summed E-state index contributed by atoms with van der Waals surface area (Å²) in [7, 11) is 0. The number of ether oxygens (including phenoxy) is 1. The largest absolute Gasteiger partial charge is 0.487 e. The molecule has 7 nitrogen and oxygen atoms in total. The van der Waals surface area contributed by atoms with Crippen molar-refractivity contribution in [1.29, 1.82) is 0 Å². The highest BCUT2D eigenvalue weighted by Crippen LogP contribution is 2.43. The highest BCUT2D eigenvalue weighted by molar-refractivity contribution is 5.97. The molecule has 3 heterocycles. The van der Waals surface area contributed by atoms with E-state index in [-0.39, 0.29) is 23.6 Å². The van der Waals surface area contributed by atoms with Crippen LogP contribution in [0, 0.1) is 13.8 Å². The first kappa shape index (κ1) is 24.1. The molecule has 3 N–H and O–H groups in total. The summed E-state index contributed by atoms with van der Waals surface area (Å²) >= 11 is 0. The second-order valence-electron chi connectivity index (χ2n) is 10.5. The van der Waals surface area contributed by atoms with Crippen LogP contribution in [0.15, 0.2) is 47.3 Å². The summed E-state index contributed by atoms with van der Waals surface area (Å²) in [4.78, 5) is 30.8. The SMILES string of the molecule is Cc1cc(C)c(CNC(=O)c2cc3c(c(-c4ccc(N5CCNCC5)cc4)c2)OC(C)(C)C3)c(=O)[nH]1. The van der Waals surface area contributed by atoms with Gasteiger partial charge in [-0.3, -0.25) is 9.59 Å². The van der Waals surface area contributed by atoms with E-state index in [1.54, 1.807) is 0 Å². The monoisotopic (exact) mass is 486 g/mol. The first-order valence-corrected chi connectivity index (χ1v) is 12.6. The van der Waals surface area contributed by atoms with Crippen molar-refractivity contribution in [3.05, 3.63) is 80.8 Å². The number of carbonyl (C=O) groups excluding carboxylic acids is 1. The van der Waals surface area contributed by atoms with Gasteiger partial charge in [0.1, 0.15) is 11.4 Å². The zero-order chi connectivity index (χ0) is 25.4. The second-order valence-corrected chi connectivity index (χ2v) is 10.5.